The summed E-state index contributed by atoms with van der Waals surface area (Å²) in [5, 5.41) is 13.4. The monoisotopic (exact) mass is 246 g/mol. The summed E-state index contributed by atoms with van der Waals surface area (Å²) in [5.74, 6) is -0.783. The van der Waals surface area contributed by atoms with Crippen molar-refractivity contribution in [2.24, 2.45) is 5.41 Å². The van der Waals surface area contributed by atoms with Crippen molar-refractivity contribution >= 4 is 16.9 Å². The van der Waals surface area contributed by atoms with Gasteiger partial charge in [0.05, 0.1) is 5.41 Å². The smallest absolute Gasteiger partial charge is 0.310 e. The van der Waals surface area contributed by atoms with Gasteiger partial charge < -0.3 is 15.4 Å². The maximum absolute atomic E-state index is 11.0. The molecule has 0 atom stereocenters. The molecule has 0 bridgehead atoms. The predicted molar refractivity (Wildman–Crippen MR) is 71.4 cm³/mol. The molecule has 0 aliphatic carbocycles. The van der Waals surface area contributed by atoms with Crippen LogP contribution in [0, 0.1) is 5.41 Å². The highest BCUT2D eigenvalue weighted by molar-refractivity contribution is 5.83. The number of nitrogens with one attached hydrogen (secondary N) is 2. The van der Waals surface area contributed by atoms with Gasteiger partial charge in [-0.15, -0.1) is 0 Å². The van der Waals surface area contributed by atoms with Crippen LogP contribution in [0.3, 0.4) is 0 Å². The second-order valence-electron chi connectivity index (χ2n) is 5.15. The van der Waals surface area contributed by atoms with Gasteiger partial charge in [-0.25, -0.2) is 0 Å². The first-order chi connectivity index (χ1) is 8.50. The summed E-state index contributed by atoms with van der Waals surface area (Å²) in [6, 6.07) is 8.08. The number of H-pyrrole nitrogens is 1. The molecule has 96 valence electrons. The van der Waals surface area contributed by atoms with Crippen LogP contribution in [0.25, 0.3) is 10.9 Å². The quantitative estimate of drug-likeness (QED) is 0.758. The van der Waals surface area contributed by atoms with Gasteiger partial charge in [-0.3, -0.25) is 4.79 Å². The SMILES string of the molecule is CC(C)(CNCc1c[nH]c2ccccc12)C(=O)O. The third kappa shape index (κ3) is 2.54. The molecule has 0 spiro atoms. The fraction of sp³-hybridized carbons (Fsp3) is 0.357. The molecule has 2 aromatic rings. The Balaban J connectivity index is 2.01. The summed E-state index contributed by atoms with van der Waals surface area (Å²) < 4.78 is 0. The second-order valence-corrected chi connectivity index (χ2v) is 5.15. The summed E-state index contributed by atoms with van der Waals surface area (Å²) in [7, 11) is 0. The zero-order valence-electron chi connectivity index (χ0n) is 10.7. The van der Waals surface area contributed by atoms with E-state index in [1.165, 1.54) is 5.39 Å². The van der Waals surface area contributed by atoms with Crippen LogP contribution in [0.1, 0.15) is 19.4 Å². The van der Waals surface area contributed by atoms with E-state index in [1.54, 1.807) is 13.8 Å². The molecular formula is C14H18N2O2. The standard InChI is InChI=1S/C14H18N2O2/c1-14(2,13(17)18)9-15-7-10-8-16-12-6-4-3-5-11(10)12/h3-6,8,15-16H,7,9H2,1-2H3,(H,17,18). The number of rotatable bonds is 5. The lowest BCUT2D eigenvalue weighted by Crippen LogP contribution is -2.35. The molecule has 3 N–H and O–H groups in total. The molecule has 0 saturated heterocycles. The number of hydrogen-bond acceptors (Lipinski definition) is 2. The van der Waals surface area contributed by atoms with Gasteiger partial charge in [-0.2, -0.15) is 0 Å². The van der Waals surface area contributed by atoms with E-state index in [9.17, 15) is 4.79 Å². The minimum atomic E-state index is -0.783. The lowest BCUT2D eigenvalue weighted by Gasteiger charge is -2.19. The predicted octanol–water partition coefficient (Wildman–Crippen LogP) is 2.37. The zero-order chi connectivity index (χ0) is 13.2. The average Bonchev–Trinajstić information content (AvgIpc) is 2.72. The van der Waals surface area contributed by atoms with E-state index >= 15 is 0 Å². The Hall–Kier alpha value is -1.81. The molecule has 1 heterocycles. The first-order valence-corrected chi connectivity index (χ1v) is 6.00. The van der Waals surface area contributed by atoms with E-state index in [-0.39, 0.29) is 0 Å². The summed E-state index contributed by atoms with van der Waals surface area (Å²) in [5.41, 5.74) is 1.52. The van der Waals surface area contributed by atoms with Gasteiger partial charge >= 0.3 is 5.97 Å². The number of carboxylic acids is 1. The zero-order valence-corrected chi connectivity index (χ0v) is 10.7. The summed E-state index contributed by atoms with van der Waals surface area (Å²) in [6.45, 7) is 4.55. The van der Waals surface area contributed by atoms with E-state index in [1.807, 2.05) is 24.4 Å². The Labute approximate surface area is 106 Å². The molecule has 4 nitrogen and oxygen atoms in total. The number of aromatic amines is 1. The molecule has 0 aliphatic rings. The van der Waals surface area contributed by atoms with Crippen LogP contribution >= 0.6 is 0 Å². The van der Waals surface area contributed by atoms with Gasteiger partial charge in [0.1, 0.15) is 0 Å². The third-order valence-electron chi connectivity index (χ3n) is 3.14. The molecule has 1 aromatic heterocycles. The van der Waals surface area contributed by atoms with E-state index in [0.29, 0.717) is 13.1 Å². The Morgan fingerprint density at radius 3 is 2.83 bits per heavy atom. The topological polar surface area (TPSA) is 65.1 Å². The molecule has 1 aromatic carbocycles. The van der Waals surface area contributed by atoms with Crippen molar-refractivity contribution < 1.29 is 9.90 Å². The molecule has 18 heavy (non-hydrogen) atoms. The molecule has 2 rings (SSSR count). The van der Waals surface area contributed by atoms with Crippen molar-refractivity contribution in [3.05, 3.63) is 36.0 Å². The van der Waals surface area contributed by atoms with Gasteiger partial charge in [0.2, 0.25) is 0 Å². The molecule has 0 unspecified atom stereocenters. The van der Waals surface area contributed by atoms with E-state index in [2.05, 4.69) is 16.4 Å². The third-order valence-corrected chi connectivity index (χ3v) is 3.14. The minimum absolute atomic E-state index is 0.446. The Morgan fingerprint density at radius 1 is 1.39 bits per heavy atom. The van der Waals surface area contributed by atoms with E-state index < -0.39 is 11.4 Å². The average molecular weight is 246 g/mol. The lowest BCUT2D eigenvalue weighted by atomic mass is 9.94. The summed E-state index contributed by atoms with van der Waals surface area (Å²) >= 11 is 0. The number of aliphatic carboxylic acids is 1. The van der Waals surface area contributed by atoms with Crippen LogP contribution < -0.4 is 5.32 Å². The number of carbonyl (C=O) groups is 1. The highest BCUT2D eigenvalue weighted by atomic mass is 16.4. The van der Waals surface area contributed by atoms with Crippen LogP contribution in [0.4, 0.5) is 0 Å². The lowest BCUT2D eigenvalue weighted by molar-refractivity contribution is -0.146. The number of benzene rings is 1. The van der Waals surface area contributed by atoms with E-state index in [0.717, 1.165) is 11.1 Å². The summed E-state index contributed by atoms with van der Waals surface area (Å²) in [6.07, 6.45) is 1.96. The number of fused-ring (bicyclic) bond motifs is 1. The molecule has 0 fully saturated rings. The number of aromatic nitrogens is 1. The van der Waals surface area contributed by atoms with Crippen LogP contribution in [0.2, 0.25) is 0 Å². The van der Waals surface area contributed by atoms with Crippen LogP contribution in [0.5, 0.6) is 0 Å². The molecular weight excluding hydrogens is 228 g/mol. The van der Waals surface area contributed by atoms with Crippen LogP contribution in [-0.2, 0) is 11.3 Å². The highest BCUT2D eigenvalue weighted by Crippen LogP contribution is 2.18. The molecule has 0 saturated carbocycles. The maximum Gasteiger partial charge on any atom is 0.310 e. The van der Waals surface area contributed by atoms with Gasteiger partial charge in [0.15, 0.2) is 0 Å². The van der Waals surface area contributed by atoms with Crippen molar-refractivity contribution in [1.82, 2.24) is 10.3 Å². The number of para-hydroxylation sites is 1. The Morgan fingerprint density at radius 2 is 2.11 bits per heavy atom. The molecule has 0 radical (unpaired) electrons. The number of carboxylic acid groups (broad SMARTS) is 1. The van der Waals surface area contributed by atoms with Crippen LogP contribution in [-0.4, -0.2) is 22.6 Å². The van der Waals surface area contributed by atoms with Gasteiger partial charge in [0, 0.05) is 30.2 Å². The molecule has 0 aliphatic heterocycles. The van der Waals surface area contributed by atoms with Crippen molar-refractivity contribution in [2.45, 2.75) is 20.4 Å². The molecule has 0 amide bonds. The maximum atomic E-state index is 11.0. The Kier molecular flexibility index (Phi) is 3.39. The molecule has 4 heteroatoms. The van der Waals surface area contributed by atoms with Crippen molar-refractivity contribution in [2.75, 3.05) is 6.54 Å². The van der Waals surface area contributed by atoms with E-state index in [4.69, 9.17) is 5.11 Å². The Bertz CT molecular complexity index is 558. The van der Waals surface area contributed by atoms with Crippen molar-refractivity contribution in [1.29, 1.82) is 0 Å². The largest absolute Gasteiger partial charge is 0.481 e. The van der Waals surface area contributed by atoms with Crippen LogP contribution in [0.15, 0.2) is 30.5 Å². The first-order valence-electron chi connectivity index (χ1n) is 6.00. The van der Waals surface area contributed by atoms with Crippen molar-refractivity contribution in [3.63, 3.8) is 0 Å². The highest BCUT2D eigenvalue weighted by Gasteiger charge is 2.26. The minimum Gasteiger partial charge on any atom is -0.481 e. The normalized spacial score (nSPS) is 11.9. The first kappa shape index (κ1) is 12.6. The van der Waals surface area contributed by atoms with Gasteiger partial charge in [-0.05, 0) is 25.5 Å². The van der Waals surface area contributed by atoms with Crippen molar-refractivity contribution in [3.8, 4) is 0 Å². The second kappa shape index (κ2) is 4.82. The van der Waals surface area contributed by atoms with Gasteiger partial charge in [-0.1, -0.05) is 18.2 Å². The van der Waals surface area contributed by atoms with Gasteiger partial charge in [0.25, 0.3) is 0 Å². The summed E-state index contributed by atoms with van der Waals surface area (Å²) in [4.78, 5) is 14.2. The fourth-order valence-electron chi connectivity index (χ4n) is 1.86. The fourth-order valence-corrected chi connectivity index (χ4v) is 1.86. The number of hydrogen-bond donors (Lipinski definition) is 3.